The van der Waals surface area contributed by atoms with Gasteiger partial charge in [-0.15, -0.1) is 0 Å². The highest BCUT2D eigenvalue weighted by atomic mass is 32.2. The van der Waals surface area contributed by atoms with Crippen LogP contribution in [0, 0.1) is 5.82 Å². The van der Waals surface area contributed by atoms with E-state index in [1.807, 2.05) is 20.8 Å². The molecule has 0 fully saturated rings. The number of hydrogen-bond acceptors (Lipinski definition) is 5. The summed E-state index contributed by atoms with van der Waals surface area (Å²) in [6, 6.07) is 5.75. The number of carbonyl (C=O) groups excluding carboxylic acids is 1. The summed E-state index contributed by atoms with van der Waals surface area (Å²) < 4.78 is 13.6. The standard InChI is InChI=1S/C13H12FN3OS.C2H6/c1-2-19-13-16-7-9(12(15)17-13)11(18)8-5-3-4-6-10(8)14;1-2/h3-7H,2H2,1H3,(H2,15,16,17);1-2H3. The van der Waals surface area contributed by atoms with Crippen LogP contribution in [0.3, 0.4) is 0 Å². The summed E-state index contributed by atoms with van der Waals surface area (Å²) in [7, 11) is 0. The van der Waals surface area contributed by atoms with Crippen LogP contribution >= 0.6 is 11.8 Å². The first-order valence-electron chi connectivity index (χ1n) is 6.68. The number of nitrogens with two attached hydrogens (primary N) is 1. The molecule has 0 aliphatic carbocycles. The Hall–Kier alpha value is -1.95. The second kappa shape index (κ2) is 8.36. The molecule has 0 aliphatic rings. The van der Waals surface area contributed by atoms with Crippen molar-refractivity contribution in [2.75, 3.05) is 11.5 Å². The highest BCUT2D eigenvalue weighted by Crippen LogP contribution is 2.19. The SMILES string of the molecule is CC.CCSc1ncc(C(=O)c2ccccc2F)c(N)n1. The molecule has 0 unspecified atom stereocenters. The maximum atomic E-state index is 13.6. The number of carbonyl (C=O) groups is 1. The number of anilines is 1. The van der Waals surface area contributed by atoms with Gasteiger partial charge in [-0.2, -0.15) is 0 Å². The van der Waals surface area contributed by atoms with Crippen molar-refractivity contribution in [2.45, 2.75) is 25.9 Å². The monoisotopic (exact) mass is 307 g/mol. The minimum atomic E-state index is -0.584. The maximum absolute atomic E-state index is 13.6. The van der Waals surface area contributed by atoms with E-state index >= 15 is 0 Å². The number of benzene rings is 1. The van der Waals surface area contributed by atoms with Gasteiger partial charge in [-0.25, -0.2) is 14.4 Å². The van der Waals surface area contributed by atoms with Crippen molar-refractivity contribution in [1.82, 2.24) is 9.97 Å². The molecule has 0 radical (unpaired) electrons. The lowest BCUT2D eigenvalue weighted by molar-refractivity contribution is 0.103. The Morgan fingerprint density at radius 1 is 1.29 bits per heavy atom. The summed E-state index contributed by atoms with van der Waals surface area (Å²) in [5.74, 6) is -0.221. The van der Waals surface area contributed by atoms with Crippen LogP contribution < -0.4 is 5.73 Å². The van der Waals surface area contributed by atoms with E-state index < -0.39 is 11.6 Å². The number of hydrogen-bond donors (Lipinski definition) is 1. The number of nitrogens with zero attached hydrogens (tertiary/aromatic N) is 2. The molecular weight excluding hydrogens is 289 g/mol. The summed E-state index contributed by atoms with van der Waals surface area (Å²) in [6.07, 6.45) is 1.34. The summed E-state index contributed by atoms with van der Waals surface area (Å²) in [5, 5.41) is 0.505. The molecule has 2 aromatic rings. The second-order valence-corrected chi connectivity index (χ2v) is 4.92. The van der Waals surface area contributed by atoms with Crippen molar-refractivity contribution in [2.24, 2.45) is 0 Å². The summed E-state index contributed by atoms with van der Waals surface area (Å²) in [6.45, 7) is 5.96. The maximum Gasteiger partial charge on any atom is 0.201 e. The van der Waals surface area contributed by atoms with Gasteiger partial charge >= 0.3 is 0 Å². The normalized spacial score (nSPS) is 9.71. The van der Waals surface area contributed by atoms with E-state index in [1.165, 1.54) is 36.2 Å². The van der Waals surface area contributed by atoms with E-state index in [1.54, 1.807) is 6.07 Å². The van der Waals surface area contributed by atoms with Crippen molar-refractivity contribution in [3.8, 4) is 0 Å². The van der Waals surface area contributed by atoms with Crippen LogP contribution in [0.1, 0.15) is 36.7 Å². The van der Waals surface area contributed by atoms with Crippen LogP contribution in [-0.4, -0.2) is 21.5 Å². The molecule has 1 aromatic carbocycles. The van der Waals surface area contributed by atoms with Gasteiger partial charge in [0.25, 0.3) is 0 Å². The van der Waals surface area contributed by atoms with Gasteiger partial charge in [0.2, 0.25) is 5.78 Å². The molecule has 112 valence electrons. The van der Waals surface area contributed by atoms with Crippen molar-refractivity contribution >= 4 is 23.4 Å². The zero-order valence-electron chi connectivity index (χ0n) is 12.3. The average Bonchev–Trinajstić information content (AvgIpc) is 2.50. The predicted molar refractivity (Wildman–Crippen MR) is 84.0 cm³/mol. The fourth-order valence-corrected chi connectivity index (χ4v) is 2.09. The van der Waals surface area contributed by atoms with Gasteiger partial charge in [0, 0.05) is 6.20 Å². The Bertz CT molecular complexity index is 620. The first-order valence-corrected chi connectivity index (χ1v) is 7.66. The molecule has 1 aromatic heterocycles. The lowest BCUT2D eigenvalue weighted by atomic mass is 10.1. The lowest BCUT2D eigenvalue weighted by Gasteiger charge is -2.06. The third kappa shape index (κ3) is 4.26. The Labute approximate surface area is 128 Å². The van der Waals surface area contributed by atoms with Crippen LogP contribution in [0.2, 0.25) is 0 Å². The Morgan fingerprint density at radius 3 is 2.52 bits per heavy atom. The minimum absolute atomic E-state index is 0.0336. The molecule has 4 nitrogen and oxygen atoms in total. The zero-order chi connectivity index (χ0) is 15.8. The van der Waals surface area contributed by atoms with Crippen LogP contribution in [0.25, 0.3) is 0 Å². The molecule has 1 heterocycles. The average molecular weight is 307 g/mol. The fourth-order valence-electron chi connectivity index (χ4n) is 1.54. The summed E-state index contributed by atoms with van der Waals surface area (Å²) in [4.78, 5) is 20.2. The quantitative estimate of drug-likeness (QED) is 0.531. The molecule has 0 aliphatic heterocycles. The fraction of sp³-hybridized carbons (Fsp3) is 0.267. The number of rotatable bonds is 4. The van der Waals surface area contributed by atoms with Crippen molar-refractivity contribution in [3.05, 3.63) is 47.4 Å². The molecule has 21 heavy (non-hydrogen) atoms. The smallest absolute Gasteiger partial charge is 0.201 e. The molecule has 0 spiro atoms. The third-order valence-electron chi connectivity index (χ3n) is 2.43. The Balaban J connectivity index is 0.00000106. The minimum Gasteiger partial charge on any atom is -0.383 e. The number of aromatic nitrogens is 2. The molecule has 2 N–H and O–H groups in total. The summed E-state index contributed by atoms with van der Waals surface area (Å²) in [5.41, 5.74) is 5.81. The van der Waals surface area contributed by atoms with Crippen molar-refractivity contribution < 1.29 is 9.18 Å². The van der Waals surface area contributed by atoms with Crippen LogP contribution in [-0.2, 0) is 0 Å². The molecular formula is C15H18FN3OS. The van der Waals surface area contributed by atoms with Crippen LogP contribution in [0.4, 0.5) is 10.2 Å². The zero-order valence-corrected chi connectivity index (χ0v) is 13.1. The van der Waals surface area contributed by atoms with E-state index in [-0.39, 0.29) is 16.9 Å². The largest absolute Gasteiger partial charge is 0.383 e. The summed E-state index contributed by atoms with van der Waals surface area (Å²) >= 11 is 1.42. The van der Waals surface area contributed by atoms with Crippen LogP contribution in [0.15, 0.2) is 35.6 Å². The van der Waals surface area contributed by atoms with Crippen molar-refractivity contribution in [3.63, 3.8) is 0 Å². The molecule has 0 amide bonds. The van der Waals surface area contributed by atoms with Crippen LogP contribution in [0.5, 0.6) is 0 Å². The van der Waals surface area contributed by atoms with Gasteiger partial charge in [0.15, 0.2) is 5.16 Å². The first kappa shape index (κ1) is 17.1. The van der Waals surface area contributed by atoms with E-state index in [4.69, 9.17) is 5.73 Å². The molecule has 2 rings (SSSR count). The predicted octanol–water partition coefficient (Wildman–Crippen LogP) is 3.57. The number of nitrogen functional groups attached to an aromatic ring is 1. The van der Waals surface area contributed by atoms with E-state index in [0.29, 0.717) is 5.16 Å². The van der Waals surface area contributed by atoms with E-state index in [0.717, 1.165) is 5.75 Å². The Morgan fingerprint density at radius 2 is 1.95 bits per heavy atom. The third-order valence-corrected chi connectivity index (χ3v) is 3.18. The molecule has 0 saturated heterocycles. The first-order chi connectivity index (χ1) is 10.1. The van der Waals surface area contributed by atoms with Gasteiger partial charge in [0.1, 0.15) is 11.6 Å². The highest BCUT2D eigenvalue weighted by molar-refractivity contribution is 7.99. The second-order valence-electron chi connectivity index (χ2n) is 3.69. The number of halogens is 1. The van der Waals surface area contributed by atoms with Gasteiger partial charge in [0.05, 0.1) is 11.1 Å². The van der Waals surface area contributed by atoms with Gasteiger partial charge in [-0.05, 0) is 17.9 Å². The molecule has 0 bridgehead atoms. The number of thioether (sulfide) groups is 1. The molecule has 0 saturated carbocycles. The molecule has 0 atom stereocenters. The van der Waals surface area contributed by atoms with E-state index in [2.05, 4.69) is 9.97 Å². The highest BCUT2D eigenvalue weighted by Gasteiger charge is 2.17. The number of ketones is 1. The van der Waals surface area contributed by atoms with Gasteiger partial charge < -0.3 is 5.73 Å². The van der Waals surface area contributed by atoms with Crippen molar-refractivity contribution in [1.29, 1.82) is 0 Å². The van der Waals surface area contributed by atoms with Gasteiger partial charge in [-0.1, -0.05) is 44.7 Å². The van der Waals surface area contributed by atoms with Gasteiger partial charge in [-0.3, -0.25) is 4.79 Å². The lowest BCUT2D eigenvalue weighted by Crippen LogP contribution is -2.10. The topological polar surface area (TPSA) is 68.9 Å². The van der Waals surface area contributed by atoms with E-state index in [9.17, 15) is 9.18 Å². The molecule has 6 heteroatoms. The Kier molecular flexibility index (Phi) is 6.81.